The number of rotatable bonds is 2. The summed E-state index contributed by atoms with van der Waals surface area (Å²) in [6.07, 6.45) is 0. The van der Waals surface area contributed by atoms with Gasteiger partial charge in [-0.2, -0.15) is 0 Å². The zero-order valence-electron chi connectivity index (χ0n) is 5.25. The van der Waals surface area contributed by atoms with Crippen LogP contribution in [0.3, 0.4) is 0 Å². The summed E-state index contributed by atoms with van der Waals surface area (Å²) >= 11 is 0. The van der Waals surface area contributed by atoms with Gasteiger partial charge in [-0.05, 0) is 0 Å². The van der Waals surface area contributed by atoms with E-state index in [0.29, 0.717) is 0 Å². The Morgan fingerprint density at radius 2 is 1.50 bits per heavy atom. The maximum absolute atomic E-state index is 9.40. The molecule has 0 saturated heterocycles. The van der Waals surface area contributed by atoms with Gasteiger partial charge < -0.3 is 37.6 Å². The third-order valence-electron chi connectivity index (χ3n) is 0.171. The molecule has 1 N–H and O–H groups in total. The van der Waals surface area contributed by atoms with Gasteiger partial charge in [0, 0.05) is 0 Å². The van der Waals surface area contributed by atoms with E-state index in [0.717, 1.165) is 0 Å². The molecule has 0 spiro atoms. The van der Waals surface area contributed by atoms with Crippen LogP contribution in [0.5, 0.6) is 0 Å². The fraction of sp³-hybridized carbons (Fsp3) is 0. The first-order valence-corrected chi connectivity index (χ1v) is 5.38. The van der Waals surface area contributed by atoms with Gasteiger partial charge >= 0.3 is 34.5 Å². The van der Waals surface area contributed by atoms with E-state index in [-0.39, 0.29) is 26.2 Å². The molecule has 0 bridgehead atoms. The van der Waals surface area contributed by atoms with Crippen molar-refractivity contribution < 1.29 is 64.1 Å². The van der Waals surface area contributed by atoms with E-state index in [1.54, 1.807) is 0 Å². The van der Waals surface area contributed by atoms with Crippen LogP contribution in [0.1, 0.15) is 0 Å². The quantitative estimate of drug-likeness (QED) is 0.513. The van der Waals surface area contributed by atoms with Crippen molar-refractivity contribution >= 4 is 25.1 Å². The van der Waals surface area contributed by atoms with Gasteiger partial charge in [-0.1, -0.05) is 0 Å². The van der Waals surface area contributed by atoms with Crippen molar-refractivity contribution in [2.75, 3.05) is 0 Å². The predicted octanol–water partition coefficient (Wildman–Crippen LogP) is -3.57. The van der Waals surface area contributed by atoms with E-state index in [9.17, 15) is 14.0 Å². The van der Waals surface area contributed by atoms with Gasteiger partial charge in [0.1, 0.15) is 8.25 Å². The molecule has 0 saturated carbocycles. The normalized spacial score (nSPS) is 13.8. The SMILES string of the molecule is O=[PH]([O-])O[PH](=O)O.[O-]P([O-])[O-].[Zr+4]. The summed E-state index contributed by atoms with van der Waals surface area (Å²) in [7, 11) is -10.1. The van der Waals surface area contributed by atoms with E-state index >= 15 is 0 Å². The summed E-state index contributed by atoms with van der Waals surface area (Å²) in [5, 5.41) is 0. The molecule has 0 aliphatic carbocycles. The van der Waals surface area contributed by atoms with Crippen molar-refractivity contribution in [2.45, 2.75) is 0 Å². The van der Waals surface area contributed by atoms with E-state index < -0.39 is 25.1 Å². The van der Waals surface area contributed by atoms with Crippen LogP contribution in [-0.4, -0.2) is 4.89 Å². The minimum Gasteiger partial charge on any atom is -0.854 e. The second kappa shape index (κ2) is 12.5. The van der Waals surface area contributed by atoms with Crippen molar-refractivity contribution in [3.05, 3.63) is 0 Å². The second-order valence-corrected chi connectivity index (χ2v) is 3.14. The predicted molar refractivity (Wildman–Crippen MR) is 28.2 cm³/mol. The molecule has 0 aliphatic heterocycles. The summed E-state index contributed by atoms with van der Waals surface area (Å²) < 4.78 is 22.1. The van der Waals surface area contributed by atoms with Gasteiger partial charge in [0.05, 0.1) is 0 Å². The Hall–Kier alpha value is 1.53. The summed E-state index contributed by atoms with van der Waals surface area (Å²) in [6.45, 7) is 0. The molecule has 0 aromatic carbocycles. The van der Waals surface area contributed by atoms with Crippen LogP contribution >= 0.6 is 25.1 Å². The average molecular weight is 315 g/mol. The molecule has 0 aromatic heterocycles. The summed E-state index contributed by atoms with van der Waals surface area (Å²) in [6, 6.07) is 0. The monoisotopic (exact) mass is 314 g/mol. The van der Waals surface area contributed by atoms with Crippen molar-refractivity contribution in [1.29, 1.82) is 0 Å². The first-order valence-electron chi connectivity index (χ1n) is 1.79. The Morgan fingerprint density at radius 1 is 1.25 bits per heavy atom. The Kier molecular flexibility index (Phi) is 20.0. The van der Waals surface area contributed by atoms with Gasteiger partial charge in [0.25, 0.3) is 0 Å². The largest absolute Gasteiger partial charge is 4.00 e. The van der Waals surface area contributed by atoms with Crippen LogP contribution in [-0.2, 0) is 39.6 Å². The maximum atomic E-state index is 9.40. The molecule has 0 amide bonds. The van der Waals surface area contributed by atoms with Crippen LogP contribution in [0.15, 0.2) is 0 Å². The van der Waals surface area contributed by atoms with Crippen molar-refractivity contribution in [3.8, 4) is 0 Å². The maximum Gasteiger partial charge on any atom is 4.00 e. The van der Waals surface area contributed by atoms with E-state index in [1.807, 2.05) is 0 Å². The Balaban J connectivity index is -0.000000142. The van der Waals surface area contributed by atoms with Crippen LogP contribution < -0.4 is 19.6 Å². The van der Waals surface area contributed by atoms with Crippen molar-refractivity contribution in [1.82, 2.24) is 0 Å². The molecule has 0 aromatic rings. The molecular formula is H3O8P3Zr. The fourth-order valence-electron chi connectivity index (χ4n) is 0.0713. The molecule has 0 fully saturated rings. The molecule has 8 nitrogen and oxygen atoms in total. The minimum absolute atomic E-state index is 0. The van der Waals surface area contributed by atoms with Crippen molar-refractivity contribution in [3.63, 3.8) is 0 Å². The van der Waals surface area contributed by atoms with Gasteiger partial charge in [-0.25, -0.2) is 0 Å². The van der Waals surface area contributed by atoms with Crippen LogP contribution in [0, 0.1) is 0 Å². The zero-order chi connectivity index (χ0) is 9.44. The summed E-state index contributed by atoms with van der Waals surface area (Å²) in [5.41, 5.74) is 0. The standard InChI is InChI=1S/H4O5P2.O3P.Zr/c1-6(2)5-7(3)4;1-4(2)3;/h6-7H,(H,1,2)(H,3,4);;/q;-3;+4/p-1. The molecule has 70 valence electrons. The third-order valence-corrected chi connectivity index (χ3v) is 1.54. The Bertz CT molecular complexity index is 118. The molecule has 0 rings (SSSR count). The van der Waals surface area contributed by atoms with Crippen LogP contribution in [0.25, 0.3) is 0 Å². The van der Waals surface area contributed by atoms with E-state index in [2.05, 4.69) is 4.31 Å². The first kappa shape index (κ1) is 19.2. The fourth-order valence-corrected chi connectivity index (χ4v) is 0.642. The van der Waals surface area contributed by atoms with Gasteiger partial charge in [-0.15, -0.1) is 0 Å². The Morgan fingerprint density at radius 3 is 1.50 bits per heavy atom. The molecule has 0 radical (unpaired) electrons. The molecule has 0 aliphatic rings. The van der Waals surface area contributed by atoms with Crippen LogP contribution in [0.2, 0.25) is 0 Å². The zero-order valence-corrected chi connectivity index (χ0v) is 10.6. The third kappa shape index (κ3) is 41.8. The van der Waals surface area contributed by atoms with Crippen molar-refractivity contribution in [2.24, 2.45) is 0 Å². The summed E-state index contributed by atoms with van der Waals surface area (Å²) in [5.74, 6) is 0. The van der Waals surface area contributed by atoms with Gasteiger partial charge in [0.2, 0.25) is 0 Å². The summed E-state index contributed by atoms with van der Waals surface area (Å²) in [4.78, 5) is 42.4. The molecule has 12 heavy (non-hydrogen) atoms. The smallest absolute Gasteiger partial charge is 0.854 e. The molecule has 2 unspecified atom stereocenters. The Labute approximate surface area is 89.2 Å². The second-order valence-electron chi connectivity index (χ2n) is 0.842. The van der Waals surface area contributed by atoms with Crippen LogP contribution in [0.4, 0.5) is 0 Å². The molecule has 12 heteroatoms. The minimum atomic E-state index is -3.45. The topological polar surface area (TPSA) is 156 Å². The van der Waals surface area contributed by atoms with Gasteiger partial charge in [-0.3, -0.25) is 8.88 Å². The van der Waals surface area contributed by atoms with E-state index in [1.165, 1.54) is 0 Å². The molecule has 0 heterocycles. The number of hydrogen-bond acceptors (Lipinski definition) is 7. The van der Waals surface area contributed by atoms with E-state index in [4.69, 9.17) is 19.6 Å². The molecule has 2 atom stereocenters. The first-order chi connectivity index (χ1) is 4.86. The van der Waals surface area contributed by atoms with Gasteiger partial charge in [0.15, 0.2) is 0 Å². The average Bonchev–Trinajstić information content (AvgIpc) is 1.56. The molecular weight excluding hydrogens is 312 g/mol. The number of hydrogen-bond donors (Lipinski definition) is 1.